The summed E-state index contributed by atoms with van der Waals surface area (Å²) >= 11 is 0. The summed E-state index contributed by atoms with van der Waals surface area (Å²) in [6.45, 7) is 0. The van der Waals surface area contributed by atoms with Crippen LogP contribution in [0.3, 0.4) is 0 Å². The molecule has 1 heterocycles. The molecule has 8 aliphatic rings. The summed E-state index contributed by atoms with van der Waals surface area (Å²) in [6, 6.07) is 23.5. The normalized spacial score (nSPS) is 42.9. The molecule has 1 aromatic heterocycles. The number of rotatable bonds is 4. The van der Waals surface area contributed by atoms with Crippen LogP contribution in [-0.4, -0.2) is 14.9 Å². The Balaban J connectivity index is 1.30. The van der Waals surface area contributed by atoms with E-state index in [2.05, 4.69) is 65.2 Å². The fourth-order valence-electron chi connectivity index (χ4n) is 11.8. The van der Waals surface area contributed by atoms with Crippen molar-refractivity contribution < 1.29 is 0 Å². The Kier molecular flexibility index (Phi) is 4.45. The number of fused-ring (bicyclic) bond motifs is 1. The van der Waals surface area contributed by atoms with E-state index in [4.69, 9.17) is 0 Å². The maximum absolute atomic E-state index is 2.78. The summed E-state index contributed by atoms with van der Waals surface area (Å²) in [4.78, 5) is 0. The van der Waals surface area contributed by atoms with Crippen molar-refractivity contribution in [2.45, 2.75) is 87.4 Å². The van der Waals surface area contributed by atoms with Gasteiger partial charge in [0, 0.05) is 16.5 Å². The van der Waals surface area contributed by atoms with Gasteiger partial charge in [-0.2, -0.15) is 0 Å². The molecule has 1 nitrogen and oxygen atoms in total. The molecule has 0 aliphatic heterocycles. The number of aromatic nitrogens is 1. The molecule has 8 aliphatic carbocycles. The van der Waals surface area contributed by atoms with Crippen LogP contribution >= 0.6 is 7.92 Å². The van der Waals surface area contributed by atoms with Gasteiger partial charge < -0.3 is 4.57 Å². The Morgan fingerprint density at radius 2 is 1.00 bits per heavy atom. The van der Waals surface area contributed by atoms with Crippen LogP contribution in [0.4, 0.5) is 0 Å². The molecule has 0 spiro atoms. The minimum absolute atomic E-state index is 0.232. The highest BCUT2D eigenvalue weighted by Gasteiger charge is 2.63. The van der Waals surface area contributed by atoms with E-state index in [1.165, 1.54) is 16.6 Å². The molecule has 0 atom stereocenters. The Morgan fingerprint density at radius 1 is 0.556 bits per heavy atom. The zero-order chi connectivity index (χ0) is 23.5. The summed E-state index contributed by atoms with van der Waals surface area (Å²) in [5, 5.41) is 2.69. The van der Waals surface area contributed by atoms with Gasteiger partial charge >= 0.3 is 0 Å². The Hall–Kier alpha value is -1.59. The van der Waals surface area contributed by atoms with Crippen LogP contribution in [0.15, 0.2) is 60.7 Å². The molecule has 11 rings (SSSR count). The number of nitrogens with zero attached hydrogens (tertiary/aromatic N) is 1. The highest BCUT2D eigenvalue weighted by atomic mass is 31.1. The lowest BCUT2D eigenvalue weighted by atomic mass is 9.55. The smallest absolute Gasteiger partial charge is 0.0535 e. The van der Waals surface area contributed by atoms with Crippen LogP contribution in [0.5, 0.6) is 0 Å². The lowest BCUT2D eigenvalue weighted by molar-refractivity contribution is 0.0194. The lowest BCUT2D eigenvalue weighted by Crippen LogP contribution is -2.58. The molecule has 0 N–H and O–H groups in total. The highest BCUT2D eigenvalue weighted by molar-refractivity contribution is 7.68. The van der Waals surface area contributed by atoms with Gasteiger partial charge in [0.25, 0.3) is 0 Å². The third-order valence-corrected chi connectivity index (χ3v) is 15.7. The van der Waals surface area contributed by atoms with Gasteiger partial charge in [-0.3, -0.25) is 0 Å². The van der Waals surface area contributed by atoms with Crippen LogP contribution in [0.25, 0.3) is 16.6 Å². The second kappa shape index (κ2) is 7.50. The van der Waals surface area contributed by atoms with E-state index in [0.717, 1.165) is 35.5 Å². The average molecular weight is 494 g/mol. The minimum atomic E-state index is -0.232. The molecule has 36 heavy (non-hydrogen) atoms. The number of benzene rings is 2. The molecule has 8 fully saturated rings. The maximum atomic E-state index is 2.78. The van der Waals surface area contributed by atoms with Crippen molar-refractivity contribution in [2.24, 2.45) is 35.5 Å². The first kappa shape index (κ1) is 21.4. The van der Waals surface area contributed by atoms with Gasteiger partial charge in [-0.1, -0.05) is 36.4 Å². The van der Waals surface area contributed by atoms with Gasteiger partial charge in [-0.05, 0) is 155 Å². The molecule has 3 aromatic rings. The first-order valence-electron chi connectivity index (χ1n) is 15.1. The molecule has 0 unspecified atom stereocenters. The van der Waals surface area contributed by atoms with E-state index in [-0.39, 0.29) is 7.92 Å². The molecule has 0 saturated heterocycles. The topological polar surface area (TPSA) is 4.93 Å². The summed E-state index contributed by atoms with van der Waals surface area (Å²) < 4.78 is 2.78. The van der Waals surface area contributed by atoms with E-state index in [9.17, 15) is 0 Å². The monoisotopic (exact) mass is 493 g/mol. The first-order valence-corrected chi connectivity index (χ1v) is 16.5. The fourth-order valence-corrected chi connectivity index (χ4v) is 17.1. The van der Waals surface area contributed by atoms with Crippen LogP contribution < -0.4 is 5.44 Å². The summed E-state index contributed by atoms with van der Waals surface area (Å²) in [5.41, 5.74) is 4.61. The lowest BCUT2D eigenvalue weighted by Gasteiger charge is -2.67. The summed E-state index contributed by atoms with van der Waals surface area (Å²) in [6.07, 6.45) is 18.7. The molecule has 0 radical (unpaired) electrons. The van der Waals surface area contributed by atoms with Gasteiger partial charge in [0.2, 0.25) is 0 Å². The Bertz CT molecular complexity index is 1200. The van der Waals surface area contributed by atoms with Crippen LogP contribution in [0.1, 0.15) is 77.0 Å². The molecular weight excluding hydrogens is 453 g/mol. The van der Waals surface area contributed by atoms with E-state index < -0.39 is 0 Å². The number of hydrogen-bond donors (Lipinski definition) is 0. The predicted molar refractivity (Wildman–Crippen MR) is 152 cm³/mol. The maximum Gasteiger partial charge on any atom is 0.0535 e. The molecule has 2 aromatic carbocycles. The molecule has 8 bridgehead atoms. The van der Waals surface area contributed by atoms with Crippen LogP contribution in [0.2, 0.25) is 0 Å². The zero-order valence-corrected chi connectivity index (χ0v) is 22.5. The Labute approximate surface area is 217 Å². The largest absolute Gasteiger partial charge is 0.310 e. The molecular formula is C34H40NP. The third kappa shape index (κ3) is 2.99. The summed E-state index contributed by atoms with van der Waals surface area (Å²) in [7, 11) is -0.232. The zero-order valence-electron chi connectivity index (χ0n) is 21.6. The predicted octanol–water partition coefficient (Wildman–Crippen LogP) is 8.68. The quantitative estimate of drug-likeness (QED) is 0.320. The van der Waals surface area contributed by atoms with Crippen LogP contribution in [0, 0.1) is 35.5 Å². The molecule has 8 saturated carbocycles. The standard InChI is InChI=1S/C34H40NP/c1-2-7-30(8-3-1)35-31-9-5-4-6-29(31)16-32(35)36(33-17-23-10-24(18-33)12-25(11-23)19-33)34-20-26-13-27(21-34)15-28(14-26)22-34/h1-9,16,23-28H,10-15,17-22H2. The summed E-state index contributed by atoms with van der Waals surface area (Å²) in [5.74, 6) is 6.19. The molecule has 2 heteroatoms. The van der Waals surface area contributed by atoms with E-state index >= 15 is 0 Å². The number of hydrogen-bond acceptors (Lipinski definition) is 0. The fraction of sp³-hybridized carbons (Fsp3) is 0.588. The minimum Gasteiger partial charge on any atom is -0.310 e. The first-order chi connectivity index (χ1) is 17.7. The van der Waals surface area contributed by atoms with Crippen molar-refractivity contribution in [3.05, 3.63) is 60.7 Å². The van der Waals surface area contributed by atoms with Gasteiger partial charge in [0.1, 0.15) is 0 Å². The van der Waals surface area contributed by atoms with Gasteiger partial charge in [0.05, 0.1) is 5.52 Å². The van der Waals surface area contributed by atoms with Crippen molar-refractivity contribution in [3.63, 3.8) is 0 Å². The van der Waals surface area contributed by atoms with E-state index in [1.807, 2.05) is 0 Å². The van der Waals surface area contributed by atoms with Crippen molar-refractivity contribution in [3.8, 4) is 5.69 Å². The van der Waals surface area contributed by atoms with Crippen molar-refractivity contribution in [1.29, 1.82) is 0 Å². The van der Waals surface area contributed by atoms with Crippen LogP contribution in [-0.2, 0) is 0 Å². The SMILES string of the molecule is c1ccc(-n2c(P(C34CC5CC(CC(C5)C3)C4)C34CC5CC(CC(C5)C3)C4)cc3ccccc32)cc1. The average Bonchev–Trinajstić information content (AvgIpc) is 3.21. The molecule has 186 valence electrons. The van der Waals surface area contributed by atoms with E-state index in [1.54, 1.807) is 82.5 Å². The van der Waals surface area contributed by atoms with Gasteiger partial charge in [-0.25, -0.2) is 0 Å². The highest BCUT2D eigenvalue weighted by Crippen LogP contribution is 2.78. The second-order valence-electron chi connectivity index (χ2n) is 14.4. The third-order valence-electron chi connectivity index (χ3n) is 11.9. The second-order valence-corrected chi connectivity index (χ2v) is 17.4. The van der Waals surface area contributed by atoms with Gasteiger partial charge in [-0.15, -0.1) is 0 Å². The Morgan fingerprint density at radius 3 is 1.50 bits per heavy atom. The van der Waals surface area contributed by atoms with Crippen molar-refractivity contribution in [1.82, 2.24) is 4.57 Å². The van der Waals surface area contributed by atoms with Gasteiger partial charge in [0.15, 0.2) is 0 Å². The van der Waals surface area contributed by atoms with E-state index in [0.29, 0.717) is 10.3 Å². The van der Waals surface area contributed by atoms with Crippen molar-refractivity contribution >= 4 is 24.3 Å². The molecule has 0 amide bonds. The van der Waals surface area contributed by atoms with Crippen molar-refractivity contribution in [2.75, 3.05) is 0 Å². The number of para-hydroxylation sites is 2.